The van der Waals surface area contributed by atoms with Crippen LogP contribution in [0.5, 0.6) is 17.2 Å². The number of hydrogen-bond acceptors (Lipinski definition) is 5. The Morgan fingerprint density at radius 1 is 0.870 bits per heavy atom. The Morgan fingerprint density at radius 2 is 1.52 bits per heavy atom. The highest BCUT2D eigenvalue weighted by Gasteiger charge is 2.34. The highest BCUT2D eigenvalue weighted by molar-refractivity contribution is 6.29. The average molecular weight is 312 g/mol. The standard InChI is InChI=1S/C18H16O5/c1-8(2)10-6-11-12(7-14(10)19)17(21)13-4-9(23-3)5-15(20)16(13)18(11)22/h4-8,19-20H,1-3H3. The first-order valence-electron chi connectivity index (χ1n) is 7.22. The minimum absolute atomic E-state index is 0.00550. The van der Waals surface area contributed by atoms with Gasteiger partial charge in [0.1, 0.15) is 17.2 Å². The van der Waals surface area contributed by atoms with Crippen molar-refractivity contribution in [2.45, 2.75) is 19.8 Å². The summed E-state index contributed by atoms with van der Waals surface area (Å²) in [5.41, 5.74) is 0.975. The molecule has 0 amide bonds. The van der Waals surface area contributed by atoms with Crippen molar-refractivity contribution in [3.05, 3.63) is 52.1 Å². The fourth-order valence-corrected chi connectivity index (χ4v) is 2.86. The van der Waals surface area contributed by atoms with E-state index in [1.54, 1.807) is 0 Å². The monoisotopic (exact) mass is 312 g/mol. The molecular formula is C18H16O5. The molecule has 5 nitrogen and oxygen atoms in total. The third-order valence-electron chi connectivity index (χ3n) is 4.08. The van der Waals surface area contributed by atoms with Crippen molar-refractivity contribution < 1.29 is 24.5 Å². The number of ether oxygens (including phenoxy) is 1. The Labute approximate surface area is 133 Å². The van der Waals surface area contributed by atoms with Crippen LogP contribution < -0.4 is 4.74 Å². The van der Waals surface area contributed by atoms with E-state index in [0.29, 0.717) is 5.56 Å². The number of fused-ring (bicyclic) bond motifs is 2. The van der Waals surface area contributed by atoms with Crippen LogP contribution in [-0.4, -0.2) is 28.9 Å². The number of ketones is 2. The van der Waals surface area contributed by atoms with Gasteiger partial charge in [0.05, 0.1) is 12.7 Å². The summed E-state index contributed by atoms with van der Waals surface area (Å²) in [5, 5.41) is 20.2. The van der Waals surface area contributed by atoms with E-state index in [2.05, 4.69) is 0 Å². The first-order chi connectivity index (χ1) is 10.8. The smallest absolute Gasteiger partial charge is 0.198 e. The molecule has 0 saturated carbocycles. The minimum atomic E-state index is -0.434. The van der Waals surface area contributed by atoms with Crippen LogP contribution in [0.15, 0.2) is 24.3 Å². The number of benzene rings is 2. The van der Waals surface area contributed by atoms with Crippen molar-refractivity contribution in [1.29, 1.82) is 0 Å². The van der Waals surface area contributed by atoms with Gasteiger partial charge in [-0.05, 0) is 29.7 Å². The van der Waals surface area contributed by atoms with Crippen LogP contribution in [0.1, 0.15) is 57.2 Å². The fraction of sp³-hybridized carbons (Fsp3) is 0.222. The summed E-state index contributed by atoms with van der Waals surface area (Å²) in [6.07, 6.45) is 0. The van der Waals surface area contributed by atoms with Gasteiger partial charge in [-0.1, -0.05) is 13.8 Å². The number of rotatable bonds is 2. The maximum atomic E-state index is 12.7. The molecule has 0 bridgehead atoms. The van der Waals surface area contributed by atoms with E-state index in [-0.39, 0.29) is 45.4 Å². The van der Waals surface area contributed by atoms with Crippen LogP contribution in [0.2, 0.25) is 0 Å². The number of phenols is 2. The Hall–Kier alpha value is -2.82. The maximum absolute atomic E-state index is 12.7. The summed E-state index contributed by atoms with van der Waals surface area (Å²) in [6, 6.07) is 5.58. The number of aromatic hydroxyl groups is 2. The van der Waals surface area contributed by atoms with Crippen molar-refractivity contribution in [2.75, 3.05) is 7.11 Å². The van der Waals surface area contributed by atoms with Crippen LogP contribution in [0.4, 0.5) is 0 Å². The summed E-state index contributed by atoms with van der Waals surface area (Å²) < 4.78 is 5.03. The predicted molar refractivity (Wildman–Crippen MR) is 83.7 cm³/mol. The van der Waals surface area contributed by atoms with Crippen molar-refractivity contribution in [1.82, 2.24) is 0 Å². The zero-order valence-corrected chi connectivity index (χ0v) is 13.0. The normalized spacial score (nSPS) is 13.0. The van der Waals surface area contributed by atoms with Crippen molar-refractivity contribution >= 4 is 11.6 Å². The van der Waals surface area contributed by atoms with E-state index in [9.17, 15) is 19.8 Å². The molecule has 0 aromatic heterocycles. The summed E-state index contributed by atoms with van der Waals surface area (Å²) in [5.74, 6) is -0.882. The predicted octanol–water partition coefficient (Wildman–Crippen LogP) is 3.01. The molecule has 2 aromatic rings. The van der Waals surface area contributed by atoms with Gasteiger partial charge in [0, 0.05) is 22.8 Å². The van der Waals surface area contributed by atoms with Crippen LogP contribution >= 0.6 is 0 Å². The van der Waals surface area contributed by atoms with Gasteiger partial charge in [-0.25, -0.2) is 0 Å². The molecule has 0 fully saturated rings. The molecular weight excluding hydrogens is 296 g/mol. The zero-order valence-electron chi connectivity index (χ0n) is 13.0. The molecule has 2 aromatic carbocycles. The summed E-state index contributed by atoms with van der Waals surface area (Å²) in [4.78, 5) is 25.4. The number of carbonyl (C=O) groups is 2. The molecule has 23 heavy (non-hydrogen) atoms. The second-order valence-corrected chi connectivity index (χ2v) is 5.84. The van der Waals surface area contributed by atoms with Crippen LogP contribution in [0.25, 0.3) is 0 Å². The van der Waals surface area contributed by atoms with E-state index < -0.39 is 11.6 Å². The Kier molecular flexibility index (Phi) is 3.36. The Bertz CT molecular complexity index is 849. The minimum Gasteiger partial charge on any atom is -0.508 e. The summed E-state index contributed by atoms with van der Waals surface area (Å²) in [7, 11) is 1.41. The molecule has 5 heteroatoms. The molecule has 3 rings (SSSR count). The van der Waals surface area contributed by atoms with Gasteiger partial charge in [-0.2, -0.15) is 0 Å². The van der Waals surface area contributed by atoms with Crippen LogP contribution in [0.3, 0.4) is 0 Å². The van der Waals surface area contributed by atoms with E-state index in [4.69, 9.17) is 4.74 Å². The van der Waals surface area contributed by atoms with Gasteiger partial charge in [0.25, 0.3) is 0 Å². The fourth-order valence-electron chi connectivity index (χ4n) is 2.86. The second-order valence-electron chi connectivity index (χ2n) is 5.84. The zero-order chi connectivity index (χ0) is 16.9. The topological polar surface area (TPSA) is 83.8 Å². The molecule has 0 unspecified atom stereocenters. The van der Waals surface area contributed by atoms with Gasteiger partial charge >= 0.3 is 0 Å². The van der Waals surface area contributed by atoms with Crippen molar-refractivity contribution in [3.63, 3.8) is 0 Å². The molecule has 0 saturated heterocycles. The van der Waals surface area contributed by atoms with E-state index in [0.717, 1.165) is 0 Å². The van der Waals surface area contributed by atoms with Gasteiger partial charge in [0.15, 0.2) is 11.6 Å². The third kappa shape index (κ3) is 2.16. The highest BCUT2D eigenvalue weighted by Crippen LogP contribution is 2.39. The van der Waals surface area contributed by atoms with Gasteiger partial charge < -0.3 is 14.9 Å². The lowest BCUT2D eigenvalue weighted by molar-refractivity contribution is 0.0976. The maximum Gasteiger partial charge on any atom is 0.198 e. The molecule has 1 aliphatic rings. The van der Waals surface area contributed by atoms with E-state index >= 15 is 0 Å². The molecule has 0 aliphatic heterocycles. The average Bonchev–Trinajstić information content (AvgIpc) is 2.51. The van der Waals surface area contributed by atoms with Gasteiger partial charge in [-0.15, -0.1) is 0 Å². The summed E-state index contributed by atoms with van der Waals surface area (Å²) >= 11 is 0. The third-order valence-corrected chi connectivity index (χ3v) is 4.08. The van der Waals surface area contributed by atoms with Gasteiger partial charge in [-0.3, -0.25) is 9.59 Å². The molecule has 0 heterocycles. The van der Waals surface area contributed by atoms with Crippen molar-refractivity contribution in [3.8, 4) is 17.2 Å². The Balaban J connectivity index is 2.29. The number of phenolic OH excluding ortho intramolecular Hbond substituents is 2. The number of hydrogen-bond donors (Lipinski definition) is 2. The van der Waals surface area contributed by atoms with Crippen LogP contribution in [-0.2, 0) is 0 Å². The van der Waals surface area contributed by atoms with Crippen molar-refractivity contribution in [2.24, 2.45) is 0 Å². The molecule has 0 radical (unpaired) electrons. The first kappa shape index (κ1) is 15.1. The molecule has 2 N–H and O–H groups in total. The van der Waals surface area contributed by atoms with E-state index in [1.807, 2.05) is 13.8 Å². The first-order valence-corrected chi connectivity index (χ1v) is 7.22. The molecule has 118 valence electrons. The largest absolute Gasteiger partial charge is 0.508 e. The van der Waals surface area contributed by atoms with E-state index in [1.165, 1.54) is 31.4 Å². The number of carbonyl (C=O) groups excluding carboxylic acids is 2. The lowest BCUT2D eigenvalue weighted by atomic mass is 9.81. The highest BCUT2D eigenvalue weighted by atomic mass is 16.5. The lowest BCUT2D eigenvalue weighted by Gasteiger charge is -2.21. The Morgan fingerprint density at radius 3 is 2.13 bits per heavy atom. The lowest BCUT2D eigenvalue weighted by Crippen LogP contribution is -2.21. The second kappa shape index (κ2) is 5.12. The molecule has 0 atom stereocenters. The quantitative estimate of drug-likeness (QED) is 0.760. The molecule has 0 spiro atoms. The summed E-state index contributed by atoms with van der Waals surface area (Å²) in [6.45, 7) is 3.76. The SMILES string of the molecule is COc1cc(O)c2c(c1)C(=O)c1cc(O)c(C(C)C)cc1C2=O. The van der Waals surface area contributed by atoms with Crippen LogP contribution in [0, 0.1) is 0 Å². The van der Waals surface area contributed by atoms with Gasteiger partial charge in [0.2, 0.25) is 0 Å². The molecule has 1 aliphatic carbocycles. The number of methoxy groups -OCH3 is 1.